The van der Waals surface area contributed by atoms with Crippen LogP contribution in [0.2, 0.25) is 0 Å². The monoisotopic (exact) mass is 768 g/mol. The summed E-state index contributed by atoms with van der Waals surface area (Å²) in [6.07, 6.45) is 11.4. The molecule has 1 saturated heterocycles. The van der Waals surface area contributed by atoms with Crippen molar-refractivity contribution in [3.63, 3.8) is 0 Å². The van der Waals surface area contributed by atoms with E-state index in [1.807, 2.05) is 12.1 Å². The SMILES string of the molecule is C=C(C)C(=O)OCCCc1cc(-c2ccc(OCCCCCCCCCC)cc2F)cc(CCCOC(=O)C(C)(C)C)c1OCOCC1CC(=O)OC(=O)C1. The van der Waals surface area contributed by atoms with Gasteiger partial charge in [0.25, 0.3) is 0 Å². The van der Waals surface area contributed by atoms with Gasteiger partial charge in [-0.25, -0.2) is 9.18 Å². The van der Waals surface area contributed by atoms with Gasteiger partial charge in [0.15, 0.2) is 6.79 Å². The minimum absolute atomic E-state index is 0.0711. The predicted molar refractivity (Wildman–Crippen MR) is 208 cm³/mol. The van der Waals surface area contributed by atoms with Crippen LogP contribution in [0.3, 0.4) is 0 Å². The van der Waals surface area contributed by atoms with Gasteiger partial charge in [-0.15, -0.1) is 0 Å². The Morgan fingerprint density at radius 1 is 0.818 bits per heavy atom. The van der Waals surface area contributed by atoms with Gasteiger partial charge >= 0.3 is 23.9 Å². The number of unbranched alkanes of at least 4 members (excludes halogenated alkanes) is 7. The Kier molecular flexibility index (Phi) is 19.4. The molecule has 0 radical (unpaired) electrons. The lowest BCUT2D eigenvalue weighted by Gasteiger charge is -2.21. The highest BCUT2D eigenvalue weighted by molar-refractivity contribution is 5.88. The number of benzene rings is 2. The third-order valence-electron chi connectivity index (χ3n) is 9.15. The van der Waals surface area contributed by atoms with Crippen LogP contribution in [0.1, 0.15) is 123 Å². The molecule has 3 rings (SSSR count). The van der Waals surface area contributed by atoms with E-state index >= 15 is 4.39 Å². The molecule has 0 aliphatic carbocycles. The first-order valence-corrected chi connectivity index (χ1v) is 19.8. The summed E-state index contributed by atoms with van der Waals surface area (Å²) in [6.45, 7) is 13.6. The average molecular weight is 769 g/mol. The number of hydrogen-bond donors (Lipinski definition) is 0. The molecule has 0 bridgehead atoms. The van der Waals surface area contributed by atoms with Gasteiger partial charge in [-0.3, -0.25) is 14.4 Å². The third kappa shape index (κ3) is 16.6. The van der Waals surface area contributed by atoms with Crippen LogP contribution in [0.5, 0.6) is 11.5 Å². The maximum Gasteiger partial charge on any atom is 0.333 e. The molecule has 0 unspecified atom stereocenters. The van der Waals surface area contributed by atoms with Crippen molar-refractivity contribution in [1.82, 2.24) is 0 Å². The normalized spacial score (nSPS) is 13.3. The first kappa shape index (κ1) is 45.1. The lowest BCUT2D eigenvalue weighted by molar-refractivity contribution is -0.167. The van der Waals surface area contributed by atoms with Crippen LogP contribution < -0.4 is 9.47 Å². The maximum atomic E-state index is 15.8. The number of hydrogen-bond acceptors (Lipinski definition) is 10. The number of aryl methyl sites for hydroxylation is 2. The van der Waals surface area contributed by atoms with Crippen LogP contribution in [0.15, 0.2) is 42.5 Å². The van der Waals surface area contributed by atoms with Gasteiger partial charge in [0.1, 0.15) is 17.3 Å². The van der Waals surface area contributed by atoms with E-state index in [4.69, 9.17) is 23.7 Å². The lowest BCUT2D eigenvalue weighted by atomic mass is 9.94. The Labute approximate surface area is 326 Å². The Morgan fingerprint density at radius 2 is 1.42 bits per heavy atom. The molecule has 55 heavy (non-hydrogen) atoms. The van der Waals surface area contributed by atoms with E-state index in [1.54, 1.807) is 39.8 Å². The molecule has 0 amide bonds. The Bertz CT molecular complexity index is 1560. The van der Waals surface area contributed by atoms with E-state index in [2.05, 4.69) is 18.2 Å². The van der Waals surface area contributed by atoms with Crippen LogP contribution in [-0.4, -0.2) is 57.1 Å². The number of ether oxygens (including phenoxy) is 6. The number of cyclic esters (lactones) is 2. The minimum atomic E-state index is -0.646. The van der Waals surface area contributed by atoms with Crippen molar-refractivity contribution in [2.24, 2.45) is 11.3 Å². The molecule has 304 valence electrons. The van der Waals surface area contributed by atoms with Crippen LogP contribution in [0.25, 0.3) is 11.1 Å². The molecule has 10 nitrogen and oxygen atoms in total. The van der Waals surface area contributed by atoms with Gasteiger partial charge in [-0.2, -0.15) is 0 Å². The number of carbonyl (C=O) groups excluding carboxylic acids is 4. The molecule has 1 heterocycles. The second-order valence-electron chi connectivity index (χ2n) is 15.4. The third-order valence-corrected chi connectivity index (χ3v) is 9.15. The largest absolute Gasteiger partial charge is 0.493 e. The van der Waals surface area contributed by atoms with Gasteiger partial charge in [-0.05, 0) is 101 Å². The molecule has 1 aliphatic rings. The fourth-order valence-electron chi connectivity index (χ4n) is 6.09. The van der Waals surface area contributed by atoms with E-state index in [1.165, 1.54) is 44.6 Å². The fraction of sp³-hybridized carbons (Fsp3) is 0.591. The van der Waals surface area contributed by atoms with Crippen molar-refractivity contribution >= 4 is 23.9 Å². The molecule has 2 aromatic rings. The Balaban J connectivity index is 1.81. The van der Waals surface area contributed by atoms with E-state index in [-0.39, 0.29) is 51.3 Å². The summed E-state index contributed by atoms with van der Waals surface area (Å²) >= 11 is 0. The van der Waals surface area contributed by atoms with Gasteiger partial charge in [0.2, 0.25) is 0 Å². The Hall–Kier alpha value is -4.25. The lowest BCUT2D eigenvalue weighted by Crippen LogP contribution is -2.28. The number of rotatable bonds is 25. The first-order valence-electron chi connectivity index (χ1n) is 19.8. The van der Waals surface area contributed by atoms with Gasteiger partial charge < -0.3 is 28.4 Å². The van der Waals surface area contributed by atoms with Crippen LogP contribution >= 0.6 is 0 Å². The quantitative estimate of drug-likeness (QED) is 0.0241. The first-order chi connectivity index (χ1) is 26.3. The molecule has 1 aliphatic heterocycles. The van der Waals surface area contributed by atoms with Crippen LogP contribution in [-0.2, 0) is 51.0 Å². The van der Waals surface area contributed by atoms with E-state index in [9.17, 15) is 19.2 Å². The summed E-state index contributed by atoms with van der Waals surface area (Å²) in [4.78, 5) is 47.9. The van der Waals surface area contributed by atoms with Crippen LogP contribution in [0, 0.1) is 17.2 Å². The summed E-state index contributed by atoms with van der Waals surface area (Å²) in [5, 5.41) is 0. The molecule has 0 atom stereocenters. The summed E-state index contributed by atoms with van der Waals surface area (Å²) < 4.78 is 49.2. The fourth-order valence-corrected chi connectivity index (χ4v) is 6.09. The van der Waals surface area contributed by atoms with Gasteiger partial charge in [-0.1, -0.05) is 58.4 Å². The molecule has 11 heteroatoms. The van der Waals surface area contributed by atoms with Crippen molar-refractivity contribution in [2.75, 3.05) is 33.2 Å². The molecular formula is C44H61FO10. The predicted octanol–water partition coefficient (Wildman–Crippen LogP) is 9.42. The standard InChI is InChI=1S/C44H61FO10/c1-7-8-9-10-11-12-13-14-21-51-36-19-20-37(38(45)28-36)35-26-33(17-15-22-52-42(48)31(2)3)41(34(27-35)18-16-23-53-43(49)44(4,5)6)54-30-50-29-32-24-39(46)55-40(47)25-32/h19-20,26-28,32H,2,7-18,21-25,29-30H2,1,3-6H3. The average Bonchev–Trinajstić information content (AvgIpc) is 3.12. The number of esters is 4. The zero-order valence-corrected chi connectivity index (χ0v) is 33.6. The van der Waals surface area contributed by atoms with Crippen LogP contribution in [0.4, 0.5) is 4.39 Å². The van der Waals surface area contributed by atoms with Gasteiger partial charge in [0, 0.05) is 23.1 Å². The Morgan fingerprint density at radius 3 is 2.00 bits per heavy atom. The summed E-state index contributed by atoms with van der Waals surface area (Å²) in [5.41, 5.74) is 2.13. The zero-order chi connectivity index (χ0) is 40.2. The summed E-state index contributed by atoms with van der Waals surface area (Å²) in [7, 11) is 0. The van der Waals surface area contributed by atoms with E-state index < -0.39 is 29.1 Å². The van der Waals surface area contributed by atoms with Crippen molar-refractivity contribution in [3.8, 4) is 22.6 Å². The van der Waals surface area contributed by atoms with Crippen molar-refractivity contribution in [3.05, 3.63) is 59.4 Å². The molecule has 0 N–H and O–H groups in total. The minimum Gasteiger partial charge on any atom is -0.493 e. The van der Waals surface area contributed by atoms with Crippen molar-refractivity contribution in [1.29, 1.82) is 0 Å². The van der Waals surface area contributed by atoms with Crippen molar-refractivity contribution < 1.29 is 52.0 Å². The topological polar surface area (TPSA) is 124 Å². The van der Waals surface area contributed by atoms with E-state index in [0.29, 0.717) is 60.5 Å². The second kappa shape index (κ2) is 23.6. The zero-order valence-electron chi connectivity index (χ0n) is 33.6. The molecule has 0 saturated carbocycles. The molecule has 2 aromatic carbocycles. The highest BCUT2D eigenvalue weighted by Crippen LogP contribution is 2.35. The van der Waals surface area contributed by atoms with Crippen molar-refractivity contribution in [2.45, 2.75) is 125 Å². The van der Waals surface area contributed by atoms with E-state index in [0.717, 1.165) is 24.0 Å². The smallest absolute Gasteiger partial charge is 0.333 e. The number of halogens is 1. The molecule has 0 spiro atoms. The second-order valence-corrected chi connectivity index (χ2v) is 15.4. The molecular weight excluding hydrogens is 707 g/mol. The summed E-state index contributed by atoms with van der Waals surface area (Å²) in [5.74, 6) is -1.74. The number of carbonyl (C=O) groups is 4. The highest BCUT2D eigenvalue weighted by atomic mass is 19.1. The van der Waals surface area contributed by atoms with Gasteiger partial charge in [0.05, 0.1) is 44.7 Å². The summed E-state index contributed by atoms with van der Waals surface area (Å²) in [6, 6.07) is 8.61. The molecule has 1 fully saturated rings. The maximum absolute atomic E-state index is 15.8. The molecule has 0 aromatic heterocycles. The highest BCUT2D eigenvalue weighted by Gasteiger charge is 2.27.